The molecule has 1 amide bonds. The second-order valence-electron chi connectivity index (χ2n) is 6.95. The minimum atomic E-state index is 0.110. The molecule has 134 valence electrons. The molecule has 0 aliphatic carbocycles. The summed E-state index contributed by atoms with van der Waals surface area (Å²) >= 11 is 0. The molecule has 26 heavy (non-hydrogen) atoms. The molecule has 1 unspecified atom stereocenters. The van der Waals surface area contributed by atoms with Crippen LogP contribution in [0.15, 0.2) is 60.7 Å². The lowest BCUT2D eigenvalue weighted by Crippen LogP contribution is -2.36. The summed E-state index contributed by atoms with van der Waals surface area (Å²) in [7, 11) is 1.87. The number of fused-ring (bicyclic) bond motifs is 1. The maximum absolute atomic E-state index is 12.9. The van der Waals surface area contributed by atoms with Crippen molar-refractivity contribution in [1.82, 2.24) is 9.47 Å². The van der Waals surface area contributed by atoms with Gasteiger partial charge in [-0.2, -0.15) is 0 Å². The first kappa shape index (κ1) is 16.9. The Balaban J connectivity index is 1.63. The Morgan fingerprint density at radius 3 is 2.69 bits per heavy atom. The number of hydrogen-bond donors (Lipinski definition) is 0. The number of likely N-dealkylation sites (N-methyl/N-ethyl adjacent to an activating group) is 1. The van der Waals surface area contributed by atoms with Crippen LogP contribution in [0.2, 0.25) is 0 Å². The largest absolute Gasteiger partial charge is 0.376 e. The van der Waals surface area contributed by atoms with Crippen molar-refractivity contribution in [3.63, 3.8) is 0 Å². The molecule has 1 fully saturated rings. The number of benzene rings is 2. The minimum absolute atomic E-state index is 0.110. The summed E-state index contributed by atoms with van der Waals surface area (Å²) < 4.78 is 7.80. The van der Waals surface area contributed by atoms with E-state index in [2.05, 4.69) is 34.9 Å². The molecular formula is C22H24N2O2. The summed E-state index contributed by atoms with van der Waals surface area (Å²) in [6, 6.07) is 20.6. The lowest BCUT2D eigenvalue weighted by Gasteiger charge is -2.22. The molecule has 3 aromatic rings. The number of ether oxygens (including phenoxy) is 1. The van der Waals surface area contributed by atoms with Crippen LogP contribution < -0.4 is 0 Å². The molecule has 4 nitrogen and oxygen atoms in total. The van der Waals surface area contributed by atoms with E-state index in [0.717, 1.165) is 41.6 Å². The zero-order valence-electron chi connectivity index (χ0n) is 15.1. The summed E-state index contributed by atoms with van der Waals surface area (Å²) in [6.45, 7) is 1.81. The van der Waals surface area contributed by atoms with Crippen LogP contribution in [0.5, 0.6) is 0 Å². The number of hydrogen-bond acceptors (Lipinski definition) is 2. The van der Waals surface area contributed by atoms with E-state index in [9.17, 15) is 4.79 Å². The van der Waals surface area contributed by atoms with Crippen LogP contribution >= 0.6 is 0 Å². The fourth-order valence-corrected chi connectivity index (χ4v) is 3.68. The number of rotatable bonds is 5. The van der Waals surface area contributed by atoms with Crippen molar-refractivity contribution < 1.29 is 9.53 Å². The highest BCUT2D eigenvalue weighted by atomic mass is 16.5. The summed E-state index contributed by atoms with van der Waals surface area (Å²) in [6.07, 6.45) is 2.31. The Labute approximate surface area is 154 Å². The number of carbonyl (C=O) groups is 1. The van der Waals surface area contributed by atoms with E-state index in [1.165, 1.54) is 0 Å². The highest BCUT2D eigenvalue weighted by molar-refractivity contribution is 5.89. The molecule has 0 spiro atoms. The quantitative estimate of drug-likeness (QED) is 0.700. The molecule has 0 N–H and O–H groups in total. The highest BCUT2D eigenvalue weighted by Crippen LogP contribution is 2.28. The first-order chi connectivity index (χ1) is 12.7. The lowest BCUT2D eigenvalue weighted by atomic mass is 10.1. The van der Waals surface area contributed by atoms with Crippen molar-refractivity contribution in [2.24, 2.45) is 0 Å². The van der Waals surface area contributed by atoms with Gasteiger partial charge >= 0.3 is 0 Å². The van der Waals surface area contributed by atoms with Gasteiger partial charge in [0.1, 0.15) is 6.54 Å². The minimum Gasteiger partial charge on any atom is -0.376 e. The molecule has 1 saturated heterocycles. The van der Waals surface area contributed by atoms with E-state index in [1.54, 1.807) is 4.90 Å². The Morgan fingerprint density at radius 2 is 1.92 bits per heavy atom. The Bertz CT molecular complexity index is 895. The van der Waals surface area contributed by atoms with Gasteiger partial charge in [-0.3, -0.25) is 4.79 Å². The van der Waals surface area contributed by atoms with Gasteiger partial charge in [-0.25, -0.2) is 0 Å². The Hall–Kier alpha value is -2.59. The zero-order chi connectivity index (χ0) is 17.9. The van der Waals surface area contributed by atoms with Gasteiger partial charge in [-0.15, -0.1) is 0 Å². The highest BCUT2D eigenvalue weighted by Gasteiger charge is 2.21. The summed E-state index contributed by atoms with van der Waals surface area (Å²) in [4.78, 5) is 14.7. The topological polar surface area (TPSA) is 34.5 Å². The van der Waals surface area contributed by atoms with Crippen molar-refractivity contribution in [3.05, 3.63) is 60.7 Å². The van der Waals surface area contributed by atoms with E-state index in [4.69, 9.17) is 4.74 Å². The average Bonchev–Trinajstić information content (AvgIpc) is 3.30. The molecule has 1 aliphatic heterocycles. The SMILES string of the molecule is CN(CC1CCCO1)C(=O)Cn1c(-c2ccccc2)cc2ccccc21. The van der Waals surface area contributed by atoms with Crippen LogP contribution in [0, 0.1) is 0 Å². The second-order valence-corrected chi connectivity index (χ2v) is 6.95. The normalized spacial score (nSPS) is 16.9. The van der Waals surface area contributed by atoms with Crippen molar-refractivity contribution >= 4 is 16.8 Å². The maximum Gasteiger partial charge on any atom is 0.242 e. The van der Waals surface area contributed by atoms with Gasteiger partial charge in [-0.05, 0) is 30.5 Å². The number of carbonyl (C=O) groups excluding carboxylic acids is 1. The van der Waals surface area contributed by atoms with Gasteiger partial charge in [-0.1, -0.05) is 48.5 Å². The van der Waals surface area contributed by atoms with Gasteiger partial charge in [0, 0.05) is 36.8 Å². The number of amides is 1. The number of aromatic nitrogens is 1. The van der Waals surface area contributed by atoms with Crippen molar-refractivity contribution in [3.8, 4) is 11.3 Å². The van der Waals surface area contributed by atoms with Gasteiger partial charge in [0.2, 0.25) is 5.91 Å². The molecule has 1 atom stereocenters. The Kier molecular flexibility index (Phi) is 4.76. The van der Waals surface area contributed by atoms with Crippen LogP contribution in [-0.2, 0) is 16.1 Å². The first-order valence-electron chi connectivity index (χ1n) is 9.21. The van der Waals surface area contributed by atoms with Crippen LogP contribution in [0.1, 0.15) is 12.8 Å². The smallest absolute Gasteiger partial charge is 0.242 e. The molecule has 2 aromatic carbocycles. The molecule has 4 heteroatoms. The fourth-order valence-electron chi connectivity index (χ4n) is 3.68. The molecule has 4 rings (SSSR count). The van der Waals surface area contributed by atoms with Crippen LogP contribution in [-0.4, -0.2) is 41.7 Å². The van der Waals surface area contributed by atoms with E-state index in [1.807, 2.05) is 37.4 Å². The molecule has 0 bridgehead atoms. The fraction of sp³-hybridized carbons (Fsp3) is 0.318. The second kappa shape index (κ2) is 7.34. The van der Waals surface area contributed by atoms with Gasteiger partial charge in [0.25, 0.3) is 0 Å². The number of nitrogens with zero attached hydrogens (tertiary/aromatic N) is 2. The monoisotopic (exact) mass is 348 g/mol. The molecular weight excluding hydrogens is 324 g/mol. The first-order valence-corrected chi connectivity index (χ1v) is 9.21. The summed E-state index contributed by atoms with van der Waals surface area (Å²) in [5.74, 6) is 0.110. The van der Waals surface area contributed by atoms with Crippen molar-refractivity contribution in [1.29, 1.82) is 0 Å². The molecule has 2 heterocycles. The molecule has 0 radical (unpaired) electrons. The van der Waals surface area contributed by atoms with Crippen LogP contribution in [0.3, 0.4) is 0 Å². The standard InChI is InChI=1S/C22H24N2O2/c1-23(15-19-11-7-13-26-19)22(25)16-24-20-12-6-5-10-18(20)14-21(24)17-8-3-2-4-9-17/h2-6,8-10,12,14,19H,7,11,13,15-16H2,1H3. The number of para-hydroxylation sites is 1. The zero-order valence-corrected chi connectivity index (χ0v) is 15.1. The Morgan fingerprint density at radius 1 is 1.15 bits per heavy atom. The lowest BCUT2D eigenvalue weighted by molar-refractivity contribution is -0.131. The third-order valence-corrected chi connectivity index (χ3v) is 5.10. The predicted molar refractivity (Wildman–Crippen MR) is 104 cm³/mol. The van der Waals surface area contributed by atoms with Gasteiger partial charge in [0.05, 0.1) is 6.10 Å². The van der Waals surface area contributed by atoms with Gasteiger partial charge < -0.3 is 14.2 Å². The maximum atomic E-state index is 12.9. The van der Waals surface area contributed by atoms with E-state index in [0.29, 0.717) is 13.1 Å². The van der Waals surface area contributed by atoms with Crippen molar-refractivity contribution in [2.75, 3.05) is 20.2 Å². The van der Waals surface area contributed by atoms with Crippen LogP contribution in [0.25, 0.3) is 22.2 Å². The molecule has 1 aliphatic rings. The van der Waals surface area contributed by atoms with Crippen LogP contribution in [0.4, 0.5) is 0 Å². The predicted octanol–water partition coefficient (Wildman–Crippen LogP) is 3.95. The van der Waals surface area contributed by atoms with Gasteiger partial charge in [0.15, 0.2) is 0 Å². The van der Waals surface area contributed by atoms with E-state index >= 15 is 0 Å². The van der Waals surface area contributed by atoms with E-state index < -0.39 is 0 Å². The summed E-state index contributed by atoms with van der Waals surface area (Å²) in [5.41, 5.74) is 3.29. The average molecular weight is 348 g/mol. The summed E-state index contributed by atoms with van der Waals surface area (Å²) in [5, 5.41) is 1.15. The molecule has 0 saturated carbocycles. The van der Waals surface area contributed by atoms with E-state index in [-0.39, 0.29) is 12.0 Å². The van der Waals surface area contributed by atoms with Crippen molar-refractivity contribution in [2.45, 2.75) is 25.5 Å². The third kappa shape index (κ3) is 3.37. The third-order valence-electron chi connectivity index (χ3n) is 5.10. The molecule has 1 aromatic heterocycles.